The van der Waals surface area contributed by atoms with Gasteiger partial charge < -0.3 is 4.43 Å². The van der Waals surface area contributed by atoms with E-state index in [4.69, 9.17) is 16.0 Å². The van der Waals surface area contributed by atoms with Crippen LogP contribution in [-0.4, -0.2) is 14.6 Å². The number of benzene rings is 1. The number of aldehydes is 1. The molecule has 0 N–H and O–H groups in total. The van der Waals surface area contributed by atoms with Gasteiger partial charge in [-0.3, -0.25) is 4.79 Å². The van der Waals surface area contributed by atoms with E-state index in [9.17, 15) is 4.79 Å². The monoisotopic (exact) mass is 228 g/mol. The van der Waals surface area contributed by atoms with Crippen LogP contribution in [0.15, 0.2) is 18.2 Å². The molecule has 0 aromatic heterocycles. The fraction of sp³-hybridized carbons (Fsp3) is 0.300. The number of hydrogen-bond acceptors (Lipinski definition) is 2. The zero-order chi connectivity index (χ0) is 10.8. The minimum absolute atomic E-state index is 0.554. The van der Waals surface area contributed by atoms with Crippen molar-refractivity contribution < 1.29 is 9.22 Å². The molecule has 2 nitrogen and oxygen atoms in total. The second-order valence-corrected chi connectivity index (χ2v) is 8.86. The van der Waals surface area contributed by atoms with Crippen molar-refractivity contribution in [1.29, 1.82) is 0 Å². The molecule has 76 valence electrons. The Morgan fingerprint density at radius 1 is 1.36 bits per heavy atom. The molecular weight excluding hydrogens is 216 g/mol. The first kappa shape index (κ1) is 11.3. The van der Waals surface area contributed by atoms with Gasteiger partial charge in [-0.15, -0.1) is 0 Å². The fourth-order valence-electron chi connectivity index (χ4n) is 1.00. The summed E-state index contributed by atoms with van der Waals surface area (Å²) in [5.74, 6) is 0.607. The van der Waals surface area contributed by atoms with Crippen molar-refractivity contribution >= 4 is 26.2 Å². The Bertz CT molecular complexity index is 344. The molecule has 0 unspecified atom stereocenters. The lowest BCUT2D eigenvalue weighted by Crippen LogP contribution is -2.29. The van der Waals surface area contributed by atoms with Crippen molar-refractivity contribution in [3.05, 3.63) is 28.8 Å². The van der Waals surface area contributed by atoms with Crippen molar-refractivity contribution in [3.8, 4) is 5.75 Å². The van der Waals surface area contributed by atoms with Gasteiger partial charge in [0.1, 0.15) is 12.0 Å². The summed E-state index contributed by atoms with van der Waals surface area (Å²) >= 11 is 5.94. The van der Waals surface area contributed by atoms with Gasteiger partial charge in [0.05, 0.1) is 5.02 Å². The first-order chi connectivity index (χ1) is 6.42. The molecule has 0 aliphatic heterocycles. The summed E-state index contributed by atoms with van der Waals surface area (Å²) in [6, 6.07) is 5.03. The summed E-state index contributed by atoms with van der Waals surface area (Å²) in [6.07, 6.45) is 0.785. The molecule has 0 saturated carbocycles. The normalized spacial score (nSPS) is 11.1. The molecule has 4 heteroatoms. The lowest BCUT2D eigenvalue weighted by Gasteiger charge is -2.20. The second kappa shape index (κ2) is 4.15. The van der Waals surface area contributed by atoms with E-state index in [0.29, 0.717) is 16.3 Å². The SMILES string of the molecule is C[Si](C)(C)Oc1cc(C=O)ccc1Cl. The Hall–Kier alpha value is -0.803. The minimum atomic E-state index is -1.67. The molecule has 0 radical (unpaired) electrons. The highest BCUT2D eigenvalue weighted by molar-refractivity contribution is 6.70. The van der Waals surface area contributed by atoms with Gasteiger partial charge in [0.2, 0.25) is 8.32 Å². The molecule has 1 aromatic carbocycles. The lowest BCUT2D eigenvalue weighted by atomic mass is 10.2. The molecule has 0 aliphatic carbocycles. The first-order valence-corrected chi connectivity index (χ1v) is 8.15. The topological polar surface area (TPSA) is 26.3 Å². The number of carbonyl (C=O) groups excluding carboxylic acids is 1. The van der Waals surface area contributed by atoms with Crippen LogP contribution in [0.2, 0.25) is 24.7 Å². The zero-order valence-corrected chi connectivity index (χ0v) is 10.3. The zero-order valence-electron chi connectivity index (χ0n) is 8.50. The Morgan fingerprint density at radius 2 is 2.00 bits per heavy atom. The van der Waals surface area contributed by atoms with Gasteiger partial charge in [-0.2, -0.15) is 0 Å². The quantitative estimate of drug-likeness (QED) is 0.586. The summed E-state index contributed by atoms with van der Waals surface area (Å²) in [7, 11) is -1.67. The first-order valence-electron chi connectivity index (χ1n) is 4.36. The predicted octanol–water partition coefficient (Wildman–Crippen LogP) is 3.37. The van der Waals surface area contributed by atoms with E-state index in [1.807, 2.05) is 0 Å². The molecule has 0 amide bonds. The third-order valence-corrected chi connectivity index (χ3v) is 2.65. The highest BCUT2D eigenvalue weighted by Gasteiger charge is 2.17. The molecule has 0 saturated heterocycles. The highest BCUT2D eigenvalue weighted by atomic mass is 35.5. The molecule has 14 heavy (non-hydrogen) atoms. The Labute approximate surface area is 90.0 Å². The van der Waals surface area contributed by atoms with Crippen molar-refractivity contribution in [2.45, 2.75) is 19.6 Å². The van der Waals surface area contributed by atoms with Crippen molar-refractivity contribution in [2.75, 3.05) is 0 Å². The molecule has 0 bridgehead atoms. The summed E-state index contributed by atoms with van der Waals surface area (Å²) in [6.45, 7) is 6.20. The molecule has 0 atom stereocenters. The van der Waals surface area contributed by atoms with E-state index in [2.05, 4.69) is 19.6 Å². The maximum absolute atomic E-state index is 10.5. The average Bonchev–Trinajstić information content (AvgIpc) is 2.06. The number of rotatable bonds is 3. The van der Waals surface area contributed by atoms with E-state index in [1.165, 1.54) is 0 Å². The van der Waals surface area contributed by atoms with Crippen molar-refractivity contribution in [2.24, 2.45) is 0 Å². The van der Waals surface area contributed by atoms with E-state index >= 15 is 0 Å². The van der Waals surface area contributed by atoms with E-state index in [1.54, 1.807) is 18.2 Å². The van der Waals surface area contributed by atoms with Crippen LogP contribution in [0.4, 0.5) is 0 Å². The lowest BCUT2D eigenvalue weighted by molar-refractivity contribution is 0.112. The molecular formula is C10H13ClO2Si. The van der Waals surface area contributed by atoms with Crippen LogP contribution in [0.25, 0.3) is 0 Å². The van der Waals surface area contributed by atoms with Crippen LogP contribution in [0, 0.1) is 0 Å². The standard InChI is InChI=1S/C10H13ClO2Si/c1-14(2,3)13-10-6-8(7-12)4-5-9(10)11/h4-7H,1-3H3. The maximum Gasteiger partial charge on any atom is 0.242 e. The predicted molar refractivity (Wildman–Crippen MR) is 60.8 cm³/mol. The van der Waals surface area contributed by atoms with Crippen LogP contribution >= 0.6 is 11.6 Å². The minimum Gasteiger partial charge on any atom is -0.543 e. The summed E-state index contributed by atoms with van der Waals surface area (Å²) < 4.78 is 5.72. The summed E-state index contributed by atoms with van der Waals surface area (Å²) in [5.41, 5.74) is 0.586. The Balaban J connectivity index is 3.01. The number of halogens is 1. The Kier molecular flexibility index (Phi) is 3.34. The fourth-order valence-corrected chi connectivity index (χ4v) is 2.05. The van der Waals surface area contributed by atoms with Gasteiger partial charge in [0.25, 0.3) is 0 Å². The molecule has 0 aliphatic rings. The van der Waals surface area contributed by atoms with E-state index < -0.39 is 8.32 Å². The van der Waals surface area contributed by atoms with Crippen LogP contribution in [-0.2, 0) is 0 Å². The molecule has 0 spiro atoms. The largest absolute Gasteiger partial charge is 0.543 e. The van der Waals surface area contributed by atoms with E-state index in [-0.39, 0.29) is 0 Å². The van der Waals surface area contributed by atoms with Crippen LogP contribution in [0.1, 0.15) is 10.4 Å². The summed E-state index contributed by atoms with van der Waals surface area (Å²) in [4.78, 5) is 10.5. The molecule has 1 aromatic rings. The van der Waals surface area contributed by atoms with Crippen molar-refractivity contribution in [1.82, 2.24) is 0 Å². The third kappa shape index (κ3) is 3.16. The van der Waals surface area contributed by atoms with Gasteiger partial charge in [-0.1, -0.05) is 11.6 Å². The molecule has 1 rings (SSSR count). The van der Waals surface area contributed by atoms with Gasteiger partial charge in [0.15, 0.2) is 0 Å². The summed E-state index contributed by atoms with van der Waals surface area (Å²) in [5, 5.41) is 0.554. The van der Waals surface area contributed by atoms with Crippen molar-refractivity contribution in [3.63, 3.8) is 0 Å². The van der Waals surface area contributed by atoms with E-state index in [0.717, 1.165) is 6.29 Å². The number of hydrogen-bond donors (Lipinski definition) is 0. The van der Waals surface area contributed by atoms with Gasteiger partial charge >= 0.3 is 0 Å². The van der Waals surface area contributed by atoms with Gasteiger partial charge in [-0.05, 0) is 37.8 Å². The van der Waals surface area contributed by atoms with Crippen LogP contribution in [0.5, 0.6) is 5.75 Å². The second-order valence-electron chi connectivity index (χ2n) is 4.02. The maximum atomic E-state index is 10.5. The third-order valence-electron chi connectivity index (χ3n) is 1.51. The average molecular weight is 229 g/mol. The van der Waals surface area contributed by atoms with Crippen LogP contribution in [0.3, 0.4) is 0 Å². The van der Waals surface area contributed by atoms with Gasteiger partial charge in [-0.25, -0.2) is 0 Å². The Morgan fingerprint density at radius 3 is 2.50 bits per heavy atom. The smallest absolute Gasteiger partial charge is 0.242 e. The number of carbonyl (C=O) groups is 1. The molecule has 0 heterocycles. The van der Waals surface area contributed by atoms with Gasteiger partial charge in [0, 0.05) is 5.56 Å². The highest BCUT2D eigenvalue weighted by Crippen LogP contribution is 2.27. The van der Waals surface area contributed by atoms with Crippen LogP contribution < -0.4 is 4.43 Å². The molecule has 0 fully saturated rings.